The van der Waals surface area contributed by atoms with E-state index < -0.39 is 0 Å². The zero-order valence-electron chi connectivity index (χ0n) is 22.9. The third-order valence-electron chi connectivity index (χ3n) is 10.1. The van der Waals surface area contributed by atoms with Crippen molar-refractivity contribution < 1.29 is 28.5 Å². The fourth-order valence-corrected chi connectivity index (χ4v) is 9.31. The molecule has 35 heavy (non-hydrogen) atoms. The molecule has 0 amide bonds. The van der Waals surface area contributed by atoms with E-state index in [9.17, 15) is 9.59 Å². The van der Waals surface area contributed by atoms with Crippen LogP contribution in [0.25, 0.3) is 0 Å². The number of ether oxygens (including phenoxy) is 4. The molecular weight excluding hydrogens is 444 g/mol. The van der Waals surface area contributed by atoms with Crippen molar-refractivity contribution in [3.63, 3.8) is 0 Å². The summed E-state index contributed by atoms with van der Waals surface area (Å²) in [5.74, 6) is 2.09. The molecule has 0 saturated heterocycles. The summed E-state index contributed by atoms with van der Waals surface area (Å²) in [5, 5.41) is 0. The van der Waals surface area contributed by atoms with Crippen LogP contribution in [0.3, 0.4) is 0 Å². The second-order valence-corrected chi connectivity index (χ2v) is 13.1. The van der Waals surface area contributed by atoms with Crippen LogP contribution in [0.15, 0.2) is 0 Å². The second kappa shape index (κ2) is 10.3. The standard InChI is InChI=1S/C29H48O6/c1-7-32-25(30)15-34-19-9-11-21-23(13-19)29(17-27(21,3)4)18-28(5,6)22-12-10-20(14-24(22)29)35-16-26(31)33-8-2/h19-24H,7-18H2,1-6H3. The SMILES string of the molecule is CCOC(=O)COC1CCC2C(C1)C1(CC2(C)C)CC(C)(C)C2CCC(OCC(=O)OCC)CC21. The summed E-state index contributed by atoms with van der Waals surface area (Å²) in [5.41, 5.74) is 0.890. The molecule has 200 valence electrons. The van der Waals surface area contributed by atoms with Crippen molar-refractivity contribution in [1.29, 1.82) is 0 Å². The van der Waals surface area contributed by atoms with Crippen molar-refractivity contribution in [1.82, 2.24) is 0 Å². The highest BCUT2D eigenvalue weighted by molar-refractivity contribution is 5.70. The number of rotatable bonds is 8. The molecule has 0 aliphatic heterocycles. The first kappa shape index (κ1) is 26.9. The van der Waals surface area contributed by atoms with Gasteiger partial charge in [-0.05, 0) is 105 Å². The van der Waals surface area contributed by atoms with Crippen LogP contribution in [0.5, 0.6) is 0 Å². The van der Waals surface area contributed by atoms with E-state index in [2.05, 4.69) is 27.7 Å². The normalized spacial score (nSPS) is 39.1. The monoisotopic (exact) mass is 492 g/mol. The molecule has 6 nitrogen and oxygen atoms in total. The van der Waals surface area contributed by atoms with Gasteiger partial charge in [-0.25, -0.2) is 9.59 Å². The fourth-order valence-electron chi connectivity index (χ4n) is 9.31. The highest BCUT2D eigenvalue weighted by atomic mass is 16.6. The maximum Gasteiger partial charge on any atom is 0.332 e. The zero-order chi connectivity index (χ0) is 25.4. The van der Waals surface area contributed by atoms with E-state index in [0.717, 1.165) is 25.7 Å². The maximum atomic E-state index is 11.9. The molecule has 6 unspecified atom stereocenters. The van der Waals surface area contributed by atoms with Gasteiger partial charge in [0.05, 0.1) is 25.4 Å². The van der Waals surface area contributed by atoms with Crippen LogP contribution in [0, 0.1) is 39.9 Å². The lowest BCUT2D eigenvalue weighted by molar-refractivity contribution is -0.152. The van der Waals surface area contributed by atoms with Crippen LogP contribution >= 0.6 is 0 Å². The lowest BCUT2D eigenvalue weighted by Crippen LogP contribution is -2.42. The quantitative estimate of drug-likeness (QED) is 0.413. The molecule has 4 aliphatic rings. The topological polar surface area (TPSA) is 71.1 Å². The van der Waals surface area contributed by atoms with Gasteiger partial charge < -0.3 is 18.9 Å². The van der Waals surface area contributed by atoms with Gasteiger partial charge in [-0.1, -0.05) is 27.7 Å². The van der Waals surface area contributed by atoms with E-state index >= 15 is 0 Å². The summed E-state index contributed by atoms with van der Waals surface area (Å²) < 4.78 is 22.4. The third-order valence-corrected chi connectivity index (χ3v) is 10.1. The predicted molar refractivity (Wildman–Crippen MR) is 134 cm³/mol. The molecule has 4 fully saturated rings. The number of carbonyl (C=O) groups is 2. The van der Waals surface area contributed by atoms with E-state index in [4.69, 9.17) is 18.9 Å². The summed E-state index contributed by atoms with van der Waals surface area (Å²) in [7, 11) is 0. The van der Waals surface area contributed by atoms with Crippen molar-refractivity contribution in [2.45, 2.75) is 105 Å². The minimum Gasteiger partial charge on any atom is -0.464 e. The van der Waals surface area contributed by atoms with Gasteiger partial charge in [0.2, 0.25) is 0 Å². The Labute approximate surface area is 212 Å². The van der Waals surface area contributed by atoms with Gasteiger partial charge in [0.25, 0.3) is 0 Å². The van der Waals surface area contributed by atoms with Gasteiger partial charge in [-0.2, -0.15) is 0 Å². The smallest absolute Gasteiger partial charge is 0.332 e. The maximum absolute atomic E-state index is 11.9. The highest BCUT2D eigenvalue weighted by Gasteiger charge is 2.68. The molecule has 6 atom stereocenters. The Morgan fingerprint density at radius 3 is 1.43 bits per heavy atom. The molecule has 6 heteroatoms. The van der Waals surface area contributed by atoms with Gasteiger partial charge in [-0.15, -0.1) is 0 Å². The summed E-state index contributed by atoms with van der Waals surface area (Å²) >= 11 is 0. The van der Waals surface area contributed by atoms with E-state index in [0.29, 0.717) is 47.7 Å². The van der Waals surface area contributed by atoms with Crippen LogP contribution in [0.1, 0.15) is 92.9 Å². The van der Waals surface area contributed by atoms with Crippen molar-refractivity contribution in [2.75, 3.05) is 26.4 Å². The molecule has 0 aromatic rings. The minimum absolute atomic E-state index is 0.0631. The second-order valence-electron chi connectivity index (χ2n) is 13.1. The Bertz CT molecular complexity index is 709. The van der Waals surface area contributed by atoms with Gasteiger partial charge in [-0.3, -0.25) is 0 Å². The van der Waals surface area contributed by atoms with Crippen LogP contribution in [-0.2, 0) is 28.5 Å². The average molecular weight is 493 g/mol. The zero-order valence-corrected chi connectivity index (χ0v) is 22.9. The first-order chi connectivity index (χ1) is 16.5. The Morgan fingerprint density at radius 1 is 0.657 bits per heavy atom. The van der Waals surface area contributed by atoms with Gasteiger partial charge in [0.1, 0.15) is 13.2 Å². The average Bonchev–Trinajstić information content (AvgIpc) is 3.16. The lowest BCUT2D eigenvalue weighted by atomic mass is 9.60. The molecule has 0 aromatic carbocycles. The van der Waals surface area contributed by atoms with E-state index in [-0.39, 0.29) is 42.8 Å². The first-order valence-electron chi connectivity index (χ1n) is 14.1. The number of hydrogen-bond acceptors (Lipinski definition) is 6. The van der Waals surface area contributed by atoms with Gasteiger partial charge >= 0.3 is 11.9 Å². The number of fused-ring (bicyclic) bond motifs is 4. The van der Waals surface area contributed by atoms with Crippen molar-refractivity contribution >= 4 is 11.9 Å². The molecule has 4 rings (SSSR count). The number of esters is 2. The molecule has 0 heterocycles. The van der Waals surface area contributed by atoms with Crippen molar-refractivity contribution in [3.8, 4) is 0 Å². The Morgan fingerprint density at radius 2 is 1.06 bits per heavy atom. The molecule has 0 aromatic heterocycles. The predicted octanol–water partition coefficient (Wildman–Crippen LogP) is 5.56. The Kier molecular flexibility index (Phi) is 7.93. The van der Waals surface area contributed by atoms with Gasteiger partial charge in [0, 0.05) is 0 Å². The Balaban J connectivity index is 1.52. The van der Waals surface area contributed by atoms with Crippen molar-refractivity contribution in [2.24, 2.45) is 39.9 Å². The molecule has 0 bridgehead atoms. The van der Waals surface area contributed by atoms with Crippen LogP contribution in [-0.4, -0.2) is 50.6 Å². The molecule has 4 saturated carbocycles. The van der Waals surface area contributed by atoms with Crippen LogP contribution < -0.4 is 0 Å². The largest absolute Gasteiger partial charge is 0.464 e. The molecular formula is C29H48O6. The van der Waals surface area contributed by atoms with E-state index in [1.54, 1.807) is 0 Å². The summed E-state index contributed by atoms with van der Waals surface area (Å²) in [6, 6.07) is 0. The molecule has 0 radical (unpaired) electrons. The third kappa shape index (κ3) is 5.30. The van der Waals surface area contributed by atoms with Gasteiger partial charge in [0.15, 0.2) is 0 Å². The molecule has 1 spiro atoms. The summed E-state index contributed by atoms with van der Waals surface area (Å²) in [6.07, 6.45) is 9.28. The van der Waals surface area contributed by atoms with E-state index in [1.807, 2.05) is 13.8 Å². The highest BCUT2D eigenvalue weighted by Crippen LogP contribution is 2.74. The summed E-state index contributed by atoms with van der Waals surface area (Å²) in [6.45, 7) is 14.5. The summed E-state index contributed by atoms with van der Waals surface area (Å²) in [4.78, 5) is 23.9. The number of carbonyl (C=O) groups excluding carboxylic acids is 2. The number of hydrogen-bond donors (Lipinski definition) is 0. The lowest BCUT2D eigenvalue weighted by Gasteiger charge is -2.47. The molecule has 0 N–H and O–H groups in total. The molecule has 4 aliphatic carbocycles. The van der Waals surface area contributed by atoms with Crippen LogP contribution in [0.4, 0.5) is 0 Å². The minimum atomic E-state index is -0.257. The first-order valence-corrected chi connectivity index (χ1v) is 14.1. The Hall–Kier alpha value is -1.14. The van der Waals surface area contributed by atoms with Crippen LogP contribution in [0.2, 0.25) is 0 Å². The van der Waals surface area contributed by atoms with E-state index in [1.165, 1.54) is 25.7 Å². The fraction of sp³-hybridized carbons (Fsp3) is 0.931. The van der Waals surface area contributed by atoms with Crippen molar-refractivity contribution in [3.05, 3.63) is 0 Å².